The fourth-order valence-corrected chi connectivity index (χ4v) is 3.21. The number of benzene rings is 1. The Bertz CT molecular complexity index is 669. The van der Waals surface area contributed by atoms with Gasteiger partial charge in [0, 0.05) is 18.0 Å². The molecule has 0 spiro atoms. The molecule has 0 aliphatic heterocycles. The molecule has 21 heavy (non-hydrogen) atoms. The standard InChI is InChI=1S/C15H15IN2O2S/c1-9(17-15(20)12-7-14(16)21-8-12)11-4-3-5-13(6-11)18-10(2)19/h3-9H,1-2H3,(H,17,20)(H,18,19). The van der Waals surface area contributed by atoms with Crippen molar-refractivity contribution in [1.29, 1.82) is 0 Å². The first kappa shape index (κ1) is 16.0. The van der Waals surface area contributed by atoms with Crippen molar-refractivity contribution < 1.29 is 9.59 Å². The van der Waals surface area contributed by atoms with E-state index in [0.717, 1.165) is 14.1 Å². The maximum atomic E-state index is 12.1. The Morgan fingerprint density at radius 2 is 2.05 bits per heavy atom. The van der Waals surface area contributed by atoms with E-state index in [1.54, 1.807) is 11.3 Å². The quantitative estimate of drug-likeness (QED) is 0.748. The van der Waals surface area contributed by atoms with Gasteiger partial charge in [-0.1, -0.05) is 12.1 Å². The summed E-state index contributed by atoms with van der Waals surface area (Å²) in [7, 11) is 0. The molecule has 6 heteroatoms. The van der Waals surface area contributed by atoms with E-state index in [2.05, 4.69) is 33.2 Å². The zero-order valence-corrected chi connectivity index (χ0v) is 14.6. The second-order valence-corrected chi connectivity index (χ2v) is 7.45. The molecule has 4 nitrogen and oxygen atoms in total. The van der Waals surface area contributed by atoms with Crippen molar-refractivity contribution >= 4 is 51.4 Å². The second kappa shape index (κ2) is 7.04. The van der Waals surface area contributed by atoms with E-state index in [-0.39, 0.29) is 17.9 Å². The summed E-state index contributed by atoms with van der Waals surface area (Å²) in [6.45, 7) is 3.39. The van der Waals surface area contributed by atoms with Gasteiger partial charge in [0.05, 0.1) is 14.5 Å². The predicted octanol–water partition coefficient (Wildman–Crippen LogP) is 3.80. The Morgan fingerprint density at radius 3 is 2.67 bits per heavy atom. The lowest BCUT2D eigenvalue weighted by Crippen LogP contribution is -2.26. The highest BCUT2D eigenvalue weighted by Gasteiger charge is 2.13. The molecule has 110 valence electrons. The number of rotatable bonds is 4. The average Bonchev–Trinajstić information content (AvgIpc) is 2.85. The van der Waals surface area contributed by atoms with Gasteiger partial charge in [-0.15, -0.1) is 11.3 Å². The molecule has 2 rings (SSSR count). The van der Waals surface area contributed by atoms with Gasteiger partial charge in [-0.3, -0.25) is 9.59 Å². The van der Waals surface area contributed by atoms with Crippen molar-refractivity contribution in [3.05, 3.63) is 49.7 Å². The first-order valence-electron chi connectivity index (χ1n) is 6.38. The number of halogens is 1. The van der Waals surface area contributed by atoms with Crippen LogP contribution in [0.1, 0.15) is 35.8 Å². The molecular formula is C15H15IN2O2S. The number of hydrogen-bond donors (Lipinski definition) is 2. The van der Waals surface area contributed by atoms with Crippen molar-refractivity contribution in [2.75, 3.05) is 5.32 Å². The third-order valence-corrected chi connectivity index (χ3v) is 4.67. The molecule has 1 aromatic heterocycles. The number of thiophene rings is 1. The van der Waals surface area contributed by atoms with Gasteiger partial charge in [-0.05, 0) is 53.3 Å². The summed E-state index contributed by atoms with van der Waals surface area (Å²) < 4.78 is 1.08. The maximum absolute atomic E-state index is 12.1. The van der Waals surface area contributed by atoms with Gasteiger partial charge in [-0.25, -0.2) is 0 Å². The minimum Gasteiger partial charge on any atom is -0.345 e. The topological polar surface area (TPSA) is 58.2 Å². The Kier molecular flexibility index (Phi) is 5.35. The summed E-state index contributed by atoms with van der Waals surface area (Å²) in [4.78, 5) is 23.2. The monoisotopic (exact) mass is 414 g/mol. The Morgan fingerprint density at radius 1 is 1.29 bits per heavy atom. The van der Waals surface area contributed by atoms with Crippen LogP contribution in [0.25, 0.3) is 0 Å². The number of carbonyl (C=O) groups excluding carboxylic acids is 2. The Balaban J connectivity index is 2.07. The summed E-state index contributed by atoms with van der Waals surface area (Å²) >= 11 is 3.74. The van der Waals surface area contributed by atoms with Crippen molar-refractivity contribution in [1.82, 2.24) is 5.32 Å². The number of nitrogens with one attached hydrogen (secondary N) is 2. The SMILES string of the molecule is CC(=O)Nc1cccc(C(C)NC(=O)c2csc(I)c2)c1. The van der Waals surface area contributed by atoms with Crippen LogP contribution >= 0.6 is 33.9 Å². The van der Waals surface area contributed by atoms with Crippen LogP contribution < -0.4 is 10.6 Å². The lowest BCUT2D eigenvalue weighted by molar-refractivity contribution is -0.114. The lowest BCUT2D eigenvalue weighted by atomic mass is 10.1. The van der Waals surface area contributed by atoms with Crippen molar-refractivity contribution in [3.63, 3.8) is 0 Å². The van der Waals surface area contributed by atoms with Gasteiger partial charge in [0.2, 0.25) is 5.91 Å². The fraction of sp³-hybridized carbons (Fsp3) is 0.200. The van der Waals surface area contributed by atoms with Gasteiger partial charge in [0.1, 0.15) is 0 Å². The van der Waals surface area contributed by atoms with Crippen molar-refractivity contribution in [2.45, 2.75) is 19.9 Å². The number of carbonyl (C=O) groups is 2. The largest absolute Gasteiger partial charge is 0.345 e. The molecule has 0 fully saturated rings. The zero-order valence-electron chi connectivity index (χ0n) is 11.6. The van der Waals surface area contributed by atoms with Crippen LogP contribution in [0.4, 0.5) is 5.69 Å². The normalized spacial score (nSPS) is 11.8. The highest BCUT2D eigenvalue weighted by molar-refractivity contribution is 14.1. The molecule has 0 aliphatic carbocycles. The third kappa shape index (κ3) is 4.53. The fourth-order valence-electron chi connectivity index (χ4n) is 1.88. The average molecular weight is 414 g/mol. The van der Waals surface area contributed by atoms with Gasteiger partial charge >= 0.3 is 0 Å². The minimum absolute atomic E-state index is 0.0911. The molecule has 0 bridgehead atoms. The summed E-state index contributed by atoms with van der Waals surface area (Å²) in [5.41, 5.74) is 2.35. The summed E-state index contributed by atoms with van der Waals surface area (Å²) in [5, 5.41) is 7.54. The summed E-state index contributed by atoms with van der Waals surface area (Å²) in [6, 6.07) is 9.19. The van der Waals surface area contributed by atoms with Gasteiger partial charge in [-0.2, -0.15) is 0 Å². The van der Waals surface area contributed by atoms with Gasteiger partial charge in [0.15, 0.2) is 0 Å². The summed E-state index contributed by atoms with van der Waals surface area (Å²) in [5.74, 6) is -0.205. The van der Waals surface area contributed by atoms with Gasteiger partial charge < -0.3 is 10.6 Å². The third-order valence-electron chi connectivity index (χ3n) is 2.88. The van der Waals surface area contributed by atoms with E-state index < -0.39 is 0 Å². The van der Waals surface area contributed by atoms with Crippen LogP contribution in [-0.4, -0.2) is 11.8 Å². The van der Waals surface area contributed by atoms with E-state index in [4.69, 9.17) is 0 Å². The molecule has 0 saturated carbocycles. The van der Waals surface area contributed by atoms with E-state index in [0.29, 0.717) is 5.56 Å². The Hall–Kier alpha value is -1.41. The summed E-state index contributed by atoms with van der Waals surface area (Å²) in [6.07, 6.45) is 0. The molecule has 1 aromatic carbocycles. The molecule has 2 aromatic rings. The highest BCUT2D eigenvalue weighted by atomic mass is 127. The van der Waals surface area contributed by atoms with E-state index in [1.165, 1.54) is 6.92 Å². The minimum atomic E-state index is -0.135. The maximum Gasteiger partial charge on any atom is 0.252 e. The van der Waals surface area contributed by atoms with Crippen LogP contribution in [0.5, 0.6) is 0 Å². The molecule has 0 aliphatic rings. The van der Waals surface area contributed by atoms with E-state index in [9.17, 15) is 9.59 Å². The van der Waals surface area contributed by atoms with Crippen LogP contribution in [0.2, 0.25) is 0 Å². The number of amides is 2. The lowest BCUT2D eigenvalue weighted by Gasteiger charge is -2.15. The number of hydrogen-bond acceptors (Lipinski definition) is 3. The van der Waals surface area contributed by atoms with Crippen LogP contribution in [0.15, 0.2) is 35.7 Å². The first-order valence-corrected chi connectivity index (χ1v) is 8.34. The number of anilines is 1. The van der Waals surface area contributed by atoms with Crippen LogP contribution in [-0.2, 0) is 4.79 Å². The van der Waals surface area contributed by atoms with Crippen LogP contribution in [0, 0.1) is 2.88 Å². The smallest absolute Gasteiger partial charge is 0.252 e. The van der Waals surface area contributed by atoms with Crippen molar-refractivity contribution in [2.24, 2.45) is 0 Å². The molecule has 0 saturated heterocycles. The first-order chi connectivity index (χ1) is 9.95. The molecule has 2 N–H and O–H groups in total. The molecule has 1 heterocycles. The second-order valence-electron chi connectivity index (χ2n) is 4.64. The van der Waals surface area contributed by atoms with E-state index in [1.807, 2.05) is 42.6 Å². The molecule has 1 atom stereocenters. The van der Waals surface area contributed by atoms with E-state index >= 15 is 0 Å². The highest BCUT2D eigenvalue weighted by Crippen LogP contribution is 2.20. The molecular weight excluding hydrogens is 399 g/mol. The van der Waals surface area contributed by atoms with Crippen molar-refractivity contribution in [3.8, 4) is 0 Å². The zero-order chi connectivity index (χ0) is 15.4. The predicted molar refractivity (Wildman–Crippen MR) is 93.7 cm³/mol. The van der Waals surface area contributed by atoms with Gasteiger partial charge in [0.25, 0.3) is 5.91 Å². The molecule has 2 amide bonds. The van der Waals surface area contributed by atoms with Crippen LogP contribution in [0.3, 0.4) is 0 Å². The molecule has 1 unspecified atom stereocenters. The Labute approximate surface area is 141 Å². The molecule has 0 radical (unpaired) electrons.